The van der Waals surface area contributed by atoms with Gasteiger partial charge in [-0.2, -0.15) is 0 Å². The standard InChI is InChI=1S/C12H11N3O3/c1-8-3-2-4-9(7-8)11-13-6-5-10(14-11)12(16)15(17)18/h2-7,16H,1H3,(H,13,14). The third kappa shape index (κ3) is 2.37. The zero-order valence-corrected chi connectivity index (χ0v) is 9.62. The molecule has 1 heterocycles. The highest BCUT2D eigenvalue weighted by Gasteiger charge is 2.18. The Balaban J connectivity index is 2.34. The smallest absolute Gasteiger partial charge is 0.449 e. The first-order chi connectivity index (χ1) is 8.58. The van der Waals surface area contributed by atoms with Gasteiger partial charge in [-0.3, -0.25) is 10.1 Å². The van der Waals surface area contributed by atoms with E-state index in [-0.39, 0.29) is 5.70 Å². The Labute approximate surface area is 103 Å². The molecule has 0 atom stereocenters. The minimum Gasteiger partial charge on any atom is -0.454 e. The highest BCUT2D eigenvalue weighted by Crippen LogP contribution is 2.11. The number of nitrogens with one attached hydrogen (secondary N) is 1. The molecule has 0 saturated carbocycles. The van der Waals surface area contributed by atoms with Crippen LogP contribution in [0.1, 0.15) is 11.1 Å². The molecular formula is C12H11N3O3. The minimum atomic E-state index is -0.925. The first-order valence-corrected chi connectivity index (χ1v) is 5.24. The van der Waals surface area contributed by atoms with Gasteiger partial charge >= 0.3 is 5.88 Å². The number of aliphatic hydroxyl groups excluding tert-OH is 1. The van der Waals surface area contributed by atoms with Crippen molar-refractivity contribution in [2.75, 3.05) is 0 Å². The lowest BCUT2D eigenvalue weighted by molar-refractivity contribution is -0.460. The molecule has 0 amide bonds. The summed E-state index contributed by atoms with van der Waals surface area (Å²) in [6.07, 6.45) is 2.75. The Bertz CT molecular complexity index is 588. The number of benzene rings is 1. The van der Waals surface area contributed by atoms with E-state index in [9.17, 15) is 15.2 Å². The lowest BCUT2D eigenvalue weighted by atomic mass is 10.1. The highest BCUT2D eigenvalue weighted by atomic mass is 16.7. The summed E-state index contributed by atoms with van der Waals surface area (Å²) in [5.41, 5.74) is 1.87. The maximum Gasteiger partial charge on any atom is 0.449 e. The van der Waals surface area contributed by atoms with E-state index in [1.807, 2.05) is 31.2 Å². The Hall–Kier alpha value is -2.63. The van der Waals surface area contributed by atoms with E-state index in [0.29, 0.717) is 5.84 Å². The maximum atomic E-state index is 10.5. The molecule has 18 heavy (non-hydrogen) atoms. The van der Waals surface area contributed by atoms with Crippen molar-refractivity contribution in [1.29, 1.82) is 0 Å². The van der Waals surface area contributed by atoms with Gasteiger partial charge in [0.2, 0.25) is 0 Å². The van der Waals surface area contributed by atoms with Crippen molar-refractivity contribution in [2.45, 2.75) is 6.92 Å². The summed E-state index contributed by atoms with van der Waals surface area (Å²) in [6, 6.07) is 7.53. The van der Waals surface area contributed by atoms with E-state index in [2.05, 4.69) is 10.3 Å². The van der Waals surface area contributed by atoms with Gasteiger partial charge in [-0.15, -0.1) is 0 Å². The Morgan fingerprint density at radius 1 is 1.50 bits per heavy atom. The van der Waals surface area contributed by atoms with Crippen LogP contribution in [0.2, 0.25) is 0 Å². The van der Waals surface area contributed by atoms with Crippen LogP contribution in [0.15, 0.2) is 53.1 Å². The van der Waals surface area contributed by atoms with Crippen LogP contribution >= 0.6 is 0 Å². The molecule has 1 aromatic rings. The number of rotatable bonds is 2. The molecule has 0 unspecified atom stereocenters. The Morgan fingerprint density at radius 3 is 2.94 bits per heavy atom. The lowest BCUT2D eigenvalue weighted by Crippen LogP contribution is -2.27. The number of hydrogen-bond acceptors (Lipinski definition) is 5. The van der Waals surface area contributed by atoms with Crippen molar-refractivity contribution in [2.24, 2.45) is 4.99 Å². The average molecular weight is 245 g/mol. The molecule has 0 radical (unpaired) electrons. The number of aliphatic hydroxyl groups is 1. The molecule has 0 aromatic heterocycles. The monoisotopic (exact) mass is 245 g/mol. The molecule has 92 valence electrons. The first kappa shape index (κ1) is 11.8. The predicted octanol–water partition coefficient (Wildman–Crippen LogP) is 1.86. The molecule has 0 fully saturated rings. The molecule has 0 saturated heterocycles. The number of nitrogens with zero attached hydrogens (tertiary/aromatic N) is 2. The molecule has 0 bridgehead atoms. The van der Waals surface area contributed by atoms with E-state index < -0.39 is 10.8 Å². The number of amidine groups is 1. The minimum absolute atomic E-state index is 0.0199. The number of allylic oxidation sites excluding steroid dienone is 1. The third-order valence-corrected chi connectivity index (χ3v) is 2.40. The highest BCUT2D eigenvalue weighted by molar-refractivity contribution is 6.01. The lowest BCUT2D eigenvalue weighted by Gasteiger charge is -2.12. The fraction of sp³-hybridized carbons (Fsp3) is 0.0833. The van der Waals surface area contributed by atoms with E-state index in [1.165, 1.54) is 12.3 Å². The van der Waals surface area contributed by atoms with Crippen LogP contribution in [-0.4, -0.2) is 15.9 Å². The van der Waals surface area contributed by atoms with Crippen LogP contribution < -0.4 is 5.32 Å². The SMILES string of the molecule is Cc1cccc(C2=NC=CC(=C(O)[N+](=O)[O-])N2)c1. The third-order valence-electron chi connectivity index (χ3n) is 2.40. The quantitative estimate of drug-likeness (QED) is 0.473. The van der Waals surface area contributed by atoms with E-state index >= 15 is 0 Å². The second kappa shape index (κ2) is 4.70. The van der Waals surface area contributed by atoms with E-state index in [4.69, 9.17) is 0 Å². The summed E-state index contributed by atoms with van der Waals surface area (Å²) in [4.78, 5) is 13.7. The number of aliphatic imine (C=N–C) groups is 1. The van der Waals surface area contributed by atoms with Crippen molar-refractivity contribution < 1.29 is 10.0 Å². The normalized spacial score (nSPS) is 16.8. The van der Waals surface area contributed by atoms with Gasteiger partial charge in [0.05, 0.1) is 0 Å². The van der Waals surface area contributed by atoms with Crippen LogP contribution in [0.5, 0.6) is 0 Å². The summed E-state index contributed by atoms with van der Waals surface area (Å²) in [5, 5.41) is 22.5. The summed E-state index contributed by atoms with van der Waals surface area (Å²) < 4.78 is 0. The van der Waals surface area contributed by atoms with Gasteiger partial charge in [-0.1, -0.05) is 23.8 Å². The fourth-order valence-electron chi connectivity index (χ4n) is 1.56. The van der Waals surface area contributed by atoms with Crippen molar-refractivity contribution in [1.82, 2.24) is 5.32 Å². The zero-order chi connectivity index (χ0) is 13.1. The maximum absolute atomic E-state index is 10.5. The summed E-state index contributed by atoms with van der Waals surface area (Å²) in [5.74, 6) is -0.462. The van der Waals surface area contributed by atoms with Crippen molar-refractivity contribution in [3.05, 3.63) is 69.4 Å². The topological polar surface area (TPSA) is 87.8 Å². The number of aryl methyl sites for hydroxylation is 1. The Morgan fingerprint density at radius 2 is 2.28 bits per heavy atom. The zero-order valence-electron chi connectivity index (χ0n) is 9.62. The van der Waals surface area contributed by atoms with Gasteiger partial charge in [0.1, 0.15) is 10.8 Å². The number of nitro groups is 1. The van der Waals surface area contributed by atoms with Gasteiger partial charge in [-0.25, -0.2) is 4.99 Å². The predicted molar refractivity (Wildman–Crippen MR) is 66.6 cm³/mol. The summed E-state index contributed by atoms with van der Waals surface area (Å²) in [6.45, 7) is 1.94. The second-order valence-electron chi connectivity index (χ2n) is 3.78. The summed E-state index contributed by atoms with van der Waals surface area (Å²) in [7, 11) is 0. The number of hydrogen-bond donors (Lipinski definition) is 2. The van der Waals surface area contributed by atoms with Crippen molar-refractivity contribution in [3.63, 3.8) is 0 Å². The van der Waals surface area contributed by atoms with Crippen LogP contribution in [0, 0.1) is 17.0 Å². The molecule has 1 aliphatic rings. The van der Waals surface area contributed by atoms with Crippen LogP contribution in [0.25, 0.3) is 0 Å². The van der Waals surface area contributed by atoms with Crippen LogP contribution in [0.4, 0.5) is 0 Å². The van der Waals surface area contributed by atoms with E-state index in [1.54, 1.807) is 0 Å². The van der Waals surface area contributed by atoms with Crippen molar-refractivity contribution in [3.8, 4) is 0 Å². The van der Waals surface area contributed by atoms with Crippen LogP contribution in [0.3, 0.4) is 0 Å². The molecular weight excluding hydrogens is 234 g/mol. The molecule has 1 aliphatic heterocycles. The molecule has 2 N–H and O–H groups in total. The molecule has 2 rings (SSSR count). The molecule has 1 aromatic carbocycles. The van der Waals surface area contributed by atoms with Crippen molar-refractivity contribution >= 4 is 5.84 Å². The largest absolute Gasteiger partial charge is 0.454 e. The fourth-order valence-corrected chi connectivity index (χ4v) is 1.56. The molecule has 0 aliphatic carbocycles. The average Bonchev–Trinajstić information content (AvgIpc) is 2.38. The van der Waals surface area contributed by atoms with E-state index in [0.717, 1.165) is 11.1 Å². The Kier molecular flexibility index (Phi) is 3.09. The molecule has 6 nitrogen and oxygen atoms in total. The molecule has 0 spiro atoms. The van der Waals surface area contributed by atoms with Gasteiger partial charge in [0.25, 0.3) is 0 Å². The molecule has 6 heteroatoms. The van der Waals surface area contributed by atoms with Gasteiger partial charge in [0.15, 0.2) is 5.70 Å². The first-order valence-electron chi connectivity index (χ1n) is 5.24. The van der Waals surface area contributed by atoms with Gasteiger partial charge in [0, 0.05) is 11.8 Å². The van der Waals surface area contributed by atoms with Crippen LogP contribution in [-0.2, 0) is 0 Å². The second-order valence-corrected chi connectivity index (χ2v) is 3.78. The van der Waals surface area contributed by atoms with Gasteiger partial charge < -0.3 is 10.4 Å². The van der Waals surface area contributed by atoms with Gasteiger partial charge in [-0.05, 0) is 19.1 Å². The summed E-state index contributed by atoms with van der Waals surface area (Å²) >= 11 is 0.